The number of nitro groups is 1. The second-order valence-corrected chi connectivity index (χ2v) is 4.91. The Bertz CT molecular complexity index is 522. The van der Waals surface area contributed by atoms with Crippen molar-refractivity contribution in [3.05, 3.63) is 39.4 Å². The Hall–Kier alpha value is -1.66. The average Bonchev–Trinajstić information content (AvgIpc) is 2.38. The van der Waals surface area contributed by atoms with Gasteiger partial charge in [0, 0.05) is 36.3 Å². The molecule has 1 heterocycles. The van der Waals surface area contributed by atoms with Crippen molar-refractivity contribution in [1.29, 1.82) is 0 Å². The highest BCUT2D eigenvalue weighted by Crippen LogP contribution is 2.21. The fraction of sp³-hybridized carbons (Fsp3) is 0.462. The standard InChI is InChI=1S/C13H17N3O3.ClH/c1-9-4-5-10(7-12(9)16(18)19)13(17)15-6-2-3-11(14)8-15;/h4-5,7,11H,2-3,6,8,14H2,1H3;1H/t11-;/m1./s1. The van der Waals surface area contributed by atoms with E-state index >= 15 is 0 Å². The molecule has 1 aromatic carbocycles. The molecule has 1 fully saturated rings. The minimum Gasteiger partial charge on any atom is -0.337 e. The average molecular weight is 300 g/mol. The minimum atomic E-state index is -0.464. The number of nitro benzene ring substituents is 1. The number of aryl methyl sites for hydroxylation is 1. The van der Waals surface area contributed by atoms with Crippen LogP contribution in [0.1, 0.15) is 28.8 Å². The lowest BCUT2D eigenvalue weighted by atomic mass is 10.0. The highest BCUT2D eigenvalue weighted by molar-refractivity contribution is 5.95. The molecule has 1 amide bonds. The topological polar surface area (TPSA) is 89.5 Å². The Morgan fingerprint density at radius 1 is 1.50 bits per heavy atom. The van der Waals surface area contributed by atoms with Gasteiger partial charge in [-0.3, -0.25) is 14.9 Å². The Balaban J connectivity index is 0.00000200. The quantitative estimate of drug-likeness (QED) is 0.667. The van der Waals surface area contributed by atoms with Crippen molar-refractivity contribution in [1.82, 2.24) is 4.90 Å². The maximum Gasteiger partial charge on any atom is 0.273 e. The van der Waals surface area contributed by atoms with E-state index in [1.807, 2.05) is 0 Å². The molecule has 0 unspecified atom stereocenters. The molecule has 7 heteroatoms. The molecule has 0 bridgehead atoms. The Morgan fingerprint density at radius 2 is 2.20 bits per heavy atom. The SMILES string of the molecule is Cc1ccc(C(=O)N2CCC[C@@H](N)C2)cc1[N+](=O)[O-].Cl. The van der Waals surface area contributed by atoms with Crippen LogP contribution >= 0.6 is 12.4 Å². The van der Waals surface area contributed by atoms with Crippen molar-refractivity contribution < 1.29 is 9.72 Å². The van der Waals surface area contributed by atoms with Crippen molar-refractivity contribution in [2.45, 2.75) is 25.8 Å². The molecule has 2 N–H and O–H groups in total. The van der Waals surface area contributed by atoms with Crippen molar-refractivity contribution in [2.24, 2.45) is 5.73 Å². The number of amides is 1. The van der Waals surface area contributed by atoms with Crippen LogP contribution in [0.5, 0.6) is 0 Å². The van der Waals surface area contributed by atoms with E-state index in [4.69, 9.17) is 5.73 Å². The zero-order valence-electron chi connectivity index (χ0n) is 11.2. The fourth-order valence-corrected chi connectivity index (χ4v) is 2.32. The van der Waals surface area contributed by atoms with E-state index in [2.05, 4.69) is 0 Å². The third-order valence-electron chi connectivity index (χ3n) is 3.40. The van der Waals surface area contributed by atoms with Gasteiger partial charge in [-0.25, -0.2) is 0 Å². The minimum absolute atomic E-state index is 0. The van der Waals surface area contributed by atoms with Gasteiger partial charge in [-0.2, -0.15) is 0 Å². The van der Waals surface area contributed by atoms with E-state index in [9.17, 15) is 14.9 Å². The summed E-state index contributed by atoms with van der Waals surface area (Å²) < 4.78 is 0. The summed E-state index contributed by atoms with van der Waals surface area (Å²) in [5.74, 6) is -0.182. The number of likely N-dealkylation sites (tertiary alicyclic amines) is 1. The van der Waals surface area contributed by atoms with Gasteiger partial charge in [0.2, 0.25) is 0 Å². The van der Waals surface area contributed by atoms with Gasteiger partial charge in [0.15, 0.2) is 0 Å². The first-order chi connectivity index (χ1) is 8.99. The van der Waals surface area contributed by atoms with E-state index in [1.54, 1.807) is 24.0 Å². The molecule has 0 spiro atoms. The molecule has 1 aliphatic heterocycles. The molecule has 1 aromatic rings. The van der Waals surface area contributed by atoms with E-state index < -0.39 is 4.92 Å². The van der Waals surface area contributed by atoms with E-state index in [0.717, 1.165) is 12.8 Å². The molecule has 1 saturated heterocycles. The molecule has 20 heavy (non-hydrogen) atoms. The lowest BCUT2D eigenvalue weighted by Crippen LogP contribution is -2.45. The lowest BCUT2D eigenvalue weighted by Gasteiger charge is -2.30. The summed E-state index contributed by atoms with van der Waals surface area (Å²) in [7, 11) is 0. The van der Waals surface area contributed by atoms with E-state index in [1.165, 1.54) is 6.07 Å². The first-order valence-electron chi connectivity index (χ1n) is 6.29. The molecule has 0 radical (unpaired) electrons. The Morgan fingerprint density at radius 3 is 2.80 bits per heavy atom. The van der Waals surface area contributed by atoms with E-state index in [-0.39, 0.29) is 30.0 Å². The number of nitrogens with two attached hydrogens (primary N) is 1. The summed E-state index contributed by atoms with van der Waals surface area (Å²) in [4.78, 5) is 24.4. The highest BCUT2D eigenvalue weighted by atomic mass is 35.5. The Kier molecular flexibility index (Phi) is 5.47. The third-order valence-corrected chi connectivity index (χ3v) is 3.40. The third kappa shape index (κ3) is 3.46. The van der Waals surface area contributed by atoms with Crippen LogP contribution in [0.15, 0.2) is 18.2 Å². The molecule has 0 saturated carbocycles. The van der Waals surface area contributed by atoms with Gasteiger partial charge in [0.25, 0.3) is 11.6 Å². The summed E-state index contributed by atoms with van der Waals surface area (Å²) in [6, 6.07) is 4.58. The van der Waals surface area contributed by atoms with Crippen LogP contribution in [0.3, 0.4) is 0 Å². The Labute approximate surface area is 123 Å². The number of hydrogen-bond acceptors (Lipinski definition) is 4. The molecule has 6 nitrogen and oxygen atoms in total. The van der Waals surface area contributed by atoms with Crippen molar-refractivity contribution in [3.63, 3.8) is 0 Å². The van der Waals surface area contributed by atoms with Gasteiger partial charge < -0.3 is 10.6 Å². The van der Waals surface area contributed by atoms with Crippen LogP contribution in [0.4, 0.5) is 5.69 Å². The second-order valence-electron chi connectivity index (χ2n) is 4.91. The summed E-state index contributed by atoms with van der Waals surface area (Å²) in [5, 5.41) is 10.9. The molecular weight excluding hydrogens is 282 g/mol. The van der Waals surface area contributed by atoms with Crippen molar-refractivity contribution in [2.75, 3.05) is 13.1 Å². The maximum atomic E-state index is 12.3. The summed E-state index contributed by atoms with van der Waals surface area (Å²) in [5.41, 5.74) is 6.73. The zero-order chi connectivity index (χ0) is 14.0. The van der Waals surface area contributed by atoms with Gasteiger partial charge in [-0.1, -0.05) is 6.07 Å². The predicted molar refractivity (Wildman–Crippen MR) is 78.2 cm³/mol. The first kappa shape index (κ1) is 16.4. The first-order valence-corrected chi connectivity index (χ1v) is 6.29. The number of halogens is 1. The second kappa shape index (κ2) is 6.67. The summed E-state index contributed by atoms with van der Waals surface area (Å²) in [6.07, 6.45) is 1.79. The molecule has 2 rings (SSSR count). The lowest BCUT2D eigenvalue weighted by molar-refractivity contribution is -0.385. The van der Waals surface area contributed by atoms with Gasteiger partial charge in [0.05, 0.1) is 4.92 Å². The number of benzene rings is 1. The van der Waals surface area contributed by atoms with Crippen LogP contribution in [0, 0.1) is 17.0 Å². The summed E-state index contributed by atoms with van der Waals surface area (Å²) >= 11 is 0. The fourth-order valence-electron chi connectivity index (χ4n) is 2.32. The van der Waals surface area contributed by atoms with Gasteiger partial charge >= 0.3 is 0 Å². The number of hydrogen-bond donors (Lipinski definition) is 1. The van der Waals surface area contributed by atoms with Crippen LogP contribution in [-0.2, 0) is 0 Å². The molecule has 1 atom stereocenters. The highest BCUT2D eigenvalue weighted by Gasteiger charge is 2.24. The van der Waals surface area contributed by atoms with E-state index in [0.29, 0.717) is 24.2 Å². The number of piperidine rings is 1. The van der Waals surface area contributed by atoms with Crippen LogP contribution < -0.4 is 5.73 Å². The predicted octanol–water partition coefficient (Wildman–Crippen LogP) is 1.89. The molecule has 1 aliphatic rings. The monoisotopic (exact) mass is 299 g/mol. The van der Waals surface area contributed by atoms with Crippen molar-refractivity contribution >= 4 is 24.0 Å². The van der Waals surface area contributed by atoms with Crippen molar-refractivity contribution in [3.8, 4) is 0 Å². The smallest absolute Gasteiger partial charge is 0.273 e. The number of carbonyl (C=O) groups excluding carboxylic acids is 1. The van der Waals surface area contributed by atoms with Crippen LogP contribution in [0.25, 0.3) is 0 Å². The van der Waals surface area contributed by atoms with Gasteiger partial charge in [-0.15, -0.1) is 12.4 Å². The molecular formula is C13H18ClN3O3. The normalized spacial score (nSPS) is 18.3. The van der Waals surface area contributed by atoms with Gasteiger partial charge in [0.1, 0.15) is 0 Å². The van der Waals surface area contributed by atoms with Crippen LogP contribution in [0.2, 0.25) is 0 Å². The number of carbonyl (C=O) groups is 1. The summed E-state index contributed by atoms with van der Waals surface area (Å²) in [6.45, 7) is 2.83. The van der Waals surface area contributed by atoms with Crippen LogP contribution in [-0.4, -0.2) is 34.9 Å². The zero-order valence-corrected chi connectivity index (χ0v) is 12.1. The largest absolute Gasteiger partial charge is 0.337 e. The molecule has 0 aliphatic carbocycles. The molecule has 0 aromatic heterocycles. The number of nitrogens with zero attached hydrogens (tertiary/aromatic N) is 2. The molecule has 110 valence electrons. The van der Waals surface area contributed by atoms with Gasteiger partial charge in [-0.05, 0) is 25.8 Å². The number of rotatable bonds is 2. The maximum absolute atomic E-state index is 12.3.